The van der Waals surface area contributed by atoms with E-state index in [4.69, 9.17) is 0 Å². The highest BCUT2D eigenvalue weighted by Crippen LogP contribution is 2.24. The first-order valence-corrected chi connectivity index (χ1v) is 8.03. The molecule has 1 aliphatic heterocycles. The Morgan fingerprint density at radius 2 is 2.32 bits per heavy atom. The van der Waals surface area contributed by atoms with Crippen LogP contribution in [-0.2, 0) is 0 Å². The van der Waals surface area contributed by atoms with E-state index in [1.165, 1.54) is 12.1 Å². The third kappa shape index (κ3) is 4.11. The molecule has 19 heavy (non-hydrogen) atoms. The zero-order chi connectivity index (χ0) is 13.8. The van der Waals surface area contributed by atoms with Gasteiger partial charge in [0.2, 0.25) is 0 Å². The molecular formula is C13H16BrFN2OS. The molecule has 1 aromatic rings. The average molecular weight is 347 g/mol. The Morgan fingerprint density at radius 3 is 3.11 bits per heavy atom. The van der Waals surface area contributed by atoms with E-state index in [9.17, 15) is 9.18 Å². The molecular weight excluding hydrogens is 331 g/mol. The number of rotatable bonds is 1. The molecule has 2 amide bonds. The van der Waals surface area contributed by atoms with E-state index in [-0.39, 0.29) is 11.8 Å². The summed E-state index contributed by atoms with van der Waals surface area (Å²) in [5.41, 5.74) is 0.468. The van der Waals surface area contributed by atoms with Crippen molar-refractivity contribution in [3.63, 3.8) is 0 Å². The Kier molecular flexibility index (Phi) is 5.10. The standard InChI is InChI=1S/C13H16BrFN2OS/c1-9-4-5-17(6-7-19-9)13(18)16-12-8-10(15)2-3-11(12)14/h2-3,8-9H,4-7H2,1H3,(H,16,18)/t9-/m1/s1. The number of thioether (sulfide) groups is 1. The molecule has 0 aromatic heterocycles. The fourth-order valence-corrected chi connectivity index (χ4v) is 3.23. The van der Waals surface area contributed by atoms with E-state index in [0.29, 0.717) is 15.4 Å². The smallest absolute Gasteiger partial charge is 0.321 e. The van der Waals surface area contributed by atoms with Crippen molar-refractivity contribution >= 4 is 39.4 Å². The van der Waals surface area contributed by atoms with Gasteiger partial charge in [-0.05, 0) is 40.5 Å². The molecule has 0 radical (unpaired) electrons. The maximum Gasteiger partial charge on any atom is 0.321 e. The van der Waals surface area contributed by atoms with Crippen LogP contribution >= 0.6 is 27.7 Å². The number of carbonyl (C=O) groups is 1. The normalized spacial score (nSPS) is 19.9. The maximum atomic E-state index is 13.2. The van der Waals surface area contributed by atoms with Crippen LogP contribution in [0.5, 0.6) is 0 Å². The van der Waals surface area contributed by atoms with Gasteiger partial charge in [-0.25, -0.2) is 9.18 Å². The quantitative estimate of drug-likeness (QED) is 0.834. The number of hydrogen-bond acceptors (Lipinski definition) is 2. The summed E-state index contributed by atoms with van der Waals surface area (Å²) in [6.45, 7) is 3.65. The van der Waals surface area contributed by atoms with Crippen molar-refractivity contribution in [3.8, 4) is 0 Å². The topological polar surface area (TPSA) is 32.3 Å². The van der Waals surface area contributed by atoms with Crippen LogP contribution in [0.15, 0.2) is 22.7 Å². The van der Waals surface area contributed by atoms with Crippen molar-refractivity contribution < 1.29 is 9.18 Å². The van der Waals surface area contributed by atoms with Crippen molar-refractivity contribution in [2.75, 3.05) is 24.2 Å². The van der Waals surface area contributed by atoms with E-state index in [1.54, 1.807) is 11.0 Å². The number of hydrogen-bond donors (Lipinski definition) is 1. The molecule has 0 bridgehead atoms. The first-order valence-electron chi connectivity index (χ1n) is 6.19. The van der Waals surface area contributed by atoms with Gasteiger partial charge < -0.3 is 10.2 Å². The number of urea groups is 1. The zero-order valence-electron chi connectivity index (χ0n) is 10.7. The minimum absolute atomic E-state index is 0.166. The Morgan fingerprint density at radius 1 is 1.53 bits per heavy atom. The highest BCUT2D eigenvalue weighted by atomic mass is 79.9. The summed E-state index contributed by atoms with van der Waals surface area (Å²) in [5.74, 6) is 0.581. The minimum Gasteiger partial charge on any atom is -0.324 e. The van der Waals surface area contributed by atoms with Gasteiger partial charge in [-0.1, -0.05) is 6.92 Å². The molecule has 0 aliphatic carbocycles. The number of halogens is 2. The molecule has 1 aliphatic rings. The van der Waals surface area contributed by atoms with Gasteiger partial charge in [-0.2, -0.15) is 11.8 Å². The first kappa shape index (κ1) is 14.7. The fraction of sp³-hybridized carbons (Fsp3) is 0.462. The van der Waals surface area contributed by atoms with Crippen molar-refractivity contribution in [2.24, 2.45) is 0 Å². The van der Waals surface area contributed by atoms with Crippen LogP contribution < -0.4 is 5.32 Å². The molecule has 0 saturated carbocycles. The molecule has 3 nitrogen and oxygen atoms in total. The monoisotopic (exact) mass is 346 g/mol. The summed E-state index contributed by atoms with van der Waals surface area (Å²) in [5, 5.41) is 3.34. The number of nitrogens with zero attached hydrogens (tertiary/aromatic N) is 1. The molecule has 1 heterocycles. The van der Waals surface area contributed by atoms with Gasteiger partial charge in [-0.15, -0.1) is 0 Å². The van der Waals surface area contributed by atoms with Crippen LogP contribution in [0.4, 0.5) is 14.9 Å². The van der Waals surface area contributed by atoms with Crippen LogP contribution in [0.25, 0.3) is 0 Å². The lowest BCUT2D eigenvalue weighted by Gasteiger charge is -2.21. The fourth-order valence-electron chi connectivity index (χ4n) is 1.89. The lowest BCUT2D eigenvalue weighted by Crippen LogP contribution is -2.36. The second-order valence-electron chi connectivity index (χ2n) is 4.51. The molecule has 2 rings (SSSR count). The highest BCUT2D eigenvalue weighted by molar-refractivity contribution is 9.10. The number of nitrogens with one attached hydrogen (secondary N) is 1. The van der Waals surface area contributed by atoms with Gasteiger partial charge in [0.05, 0.1) is 5.69 Å². The maximum absolute atomic E-state index is 13.2. The van der Waals surface area contributed by atoms with E-state index in [2.05, 4.69) is 28.2 Å². The summed E-state index contributed by atoms with van der Waals surface area (Å²) in [6, 6.07) is 4.09. The Labute approximate surface area is 125 Å². The summed E-state index contributed by atoms with van der Waals surface area (Å²) >= 11 is 5.18. The van der Waals surface area contributed by atoms with Crippen molar-refractivity contribution in [3.05, 3.63) is 28.5 Å². The van der Waals surface area contributed by atoms with Crippen LogP contribution in [0, 0.1) is 5.82 Å². The number of amides is 2. The Hall–Kier alpha value is -0.750. The second kappa shape index (κ2) is 6.61. The van der Waals surface area contributed by atoms with Gasteiger partial charge >= 0.3 is 6.03 Å². The van der Waals surface area contributed by atoms with Crippen molar-refractivity contribution in [2.45, 2.75) is 18.6 Å². The van der Waals surface area contributed by atoms with E-state index in [1.807, 2.05) is 11.8 Å². The molecule has 0 unspecified atom stereocenters. The summed E-state index contributed by atoms with van der Waals surface area (Å²) < 4.78 is 13.8. The number of benzene rings is 1. The number of carbonyl (C=O) groups excluding carboxylic acids is 1. The van der Waals surface area contributed by atoms with Crippen LogP contribution in [-0.4, -0.2) is 35.0 Å². The minimum atomic E-state index is -0.362. The zero-order valence-corrected chi connectivity index (χ0v) is 13.1. The SMILES string of the molecule is C[C@@H]1CCN(C(=O)Nc2cc(F)ccc2Br)CCS1. The van der Waals surface area contributed by atoms with Gasteiger partial charge in [0.1, 0.15) is 5.82 Å². The van der Waals surface area contributed by atoms with Crippen LogP contribution in [0.3, 0.4) is 0 Å². The van der Waals surface area contributed by atoms with Gasteiger partial charge in [-0.3, -0.25) is 0 Å². The third-order valence-electron chi connectivity index (χ3n) is 3.03. The van der Waals surface area contributed by atoms with Crippen molar-refractivity contribution in [1.82, 2.24) is 4.90 Å². The van der Waals surface area contributed by atoms with Gasteiger partial charge in [0.15, 0.2) is 0 Å². The largest absolute Gasteiger partial charge is 0.324 e. The first-order chi connectivity index (χ1) is 9.06. The molecule has 6 heteroatoms. The number of anilines is 1. The highest BCUT2D eigenvalue weighted by Gasteiger charge is 2.19. The molecule has 1 saturated heterocycles. The van der Waals surface area contributed by atoms with Crippen LogP contribution in [0.2, 0.25) is 0 Å². The lowest BCUT2D eigenvalue weighted by atomic mass is 10.3. The van der Waals surface area contributed by atoms with E-state index in [0.717, 1.165) is 25.3 Å². The predicted molar refractivity (Wildman–Crippen MR) is 81.2 cm³/mol. The summed E-state index contributed by atoms with van der Waals surface area (Å²) in [6.07, 6.45) is 0.988. The summed E-state index contributed by atoms with van der Waals surface area (Å²) in [7, 11) is 0. The average Bonchev–Trinajstić information content (AvgIpc) is 2.59. The van der Waals surface area contributed by atoms with Crippen molar-refractivity contribution in [1.29, 1.82) is 0 Å². The molecule has 1 atom stereocenters. The Balaban J connectivity index is 2.02. The molecule has 104 valence electrons. The molecule has 0 spiro atoms. The lowest BCUT2D eigenvalue weighted by molar-refractivity contribution is 0.215. The summed E-state index contributed by atoms with van der Waals surface area (Å²) in [4.78, 5) is 13.9. The van der Waals surface area contributed by atoms with E-state index < -0.39 is 0 Å². The second-order valence-corrected chi connectivity index (χ2v) is 6.91. The molecule has 1 fully saturated rings. The molecule has 1 N–H and O–H groups in total. The third-order valence-corrected chi connectivity index (χ3v) is 4.94. The van der Waals surface area contributed by atoms with Crippen LogP contribution in [0.1, 0.15) is 13.3 Å². The Bertz CT molecular complexity index is 472. The van der Waals surface area contributed by atoms with Gasteiger partial charge in [0, 0.05) is 28.6 Å². The predicted octanol–water partition coefficient (Wildman–Crippen LogP) is 3.95. The van der Waals surface area contributed by atoms with E-state index >= 15 is 0 Å². The molecule has 1 aromatic carbocycles. The van der Waals surface area contributed by atoms with Gasteiger partial charge in [0.25, 0.3) is 0 Å².